The van der Waals surface area contributed by atoms with E-state index < -0.39 is 0 Å². The molecule has 9 fully saturated rings. The molecule has 0 aromatic heterocycles. The molecule has 186 valence electrons. The van der Waals surface area contributed by atoms with Crippen LogP contribution in [-0.2, 0) is 14.2 Å². The molecule has 9 saturated heterocycles. The predicted molar refractivity (Wildman–Crippen MR) is 118 cm³/mol. The van der Waals surface area contributed by atoms with Crippen molar-refractivity contribution in [2.24, 2.45) is 0 Å². The first-order valence-electron chi connectivity index (χ1n) is 13.0. The molecule has 33 heavy (non-hydrogen) atoms. The highest BCUT2D eigenvalue weighted by Crippen LogP contribution is 2.49. The molecule has 0 aromatic carbocycles. The molecule has 9 rings (SSSR count). The zero-order chi connectivity index (χ0) is 22.8. The van der Waals surface area contributed by atoms with E-state index in [0.717, 1.165) is 38.5 Å². The van der Waals surface area contributed by atoms with Crippen LogP contribution in [-0.4, -0.2) is 142 Å². The minimum atomic E-state index is -0.0717. The van der Waals surface area contributed by atoms with Crippen molar-refractivity contribution in [3.8, 4) is 0 Å². The molecule has 9 aliphatic rings. The predicted octanol–water partition coefficient (Wildman–Crippen LogP) is -1.23. The second-order valence-electron chi connectivity index (χ2n) is 12.0. The molecule has 9 aliphatic heterocycles. The van der Waals surface area contributed by atoms with Gasteiger partial charge in [0.05, 0.1) is 18.3 Å². The van der Waals surface area contributed by atoms with Gasteiger partial charge in [-0.1, -0.05) is 0 Å². The van der Waals surface area contributed by atoms with Crippen molar-refractivity contribution in [2.45, 2.75) is 130 Å². The Hall–Kier alpha value is -0.360. The van der Waals surface area contributed by atoms with Crippen molar-refractivity contribution in [3.05, 3.63) is 0 Å². The average Bonchev–Trinajstić information content (AvgIpc) is 3.65. The summed E-state index contributed by atoms with van der Waals surface area (Å²) in [5.74, 6) is 0. The number of nitrogens with zero attached hydrogens (tertiary/aromatic N) is 3. The van der Waals surface area contributed by atoms with Crippen LogP contribution >= 0.6 is 0 Å². The molecule has 0 amide bonds. The summed E-state index contributed by atoms with van der Waals surface area (Å²) >= 11 is 0. The molecule has 9 heterocycles. The number of epoxide rings is 3. The fourth-order valence-electron chi connectivity index (χ4n) is 8.16. The second-order valence-corrected chi connectivity index (χ2v) is 12.0. The molecule has 15 atom stereocenters. The second kappa shape index (κ2) is 7.57. The first kappa shape index (κ1) is 21.9. The van der Waals surface area contributed by atoms with Crippen LogP contribution in [0.15, 0.2) is 0 Å². The number of ether oxygens (including phenoxy) is 3. The number of rotatable bonds is 0. The molecule has 0 radical (unpaired) electrons. The van der Waals surface area contributed by atoms with Crippen LogP contribution in [0.5, 0.6) is 0 Å². The number of aliphatic hydroxyl groups excluding tert-OH is 3. The van der Waals surface area contributed by atoms with Gasteiger partial charge in [-0.05, 0) is 59.7 Å². The maximum absolute atomic E-state index is 9.46. The zero-order valence-electron chi connectivity index (χ0n) is 19.8. The molecule has 9 nitrogen and oxygen atoms in total. The fraction of sp³-hybridized carbons (Fsp3) is 1.00. The van der Waals surface area contributed by atoms with Crippen LogP contribution in [0.25, 0.3) is 0 Å². The van der Waals surface area contributed by atoms with E-state index in [1.165, 1.54) is 0 Å². The van der Waals surface area contributed by atoms with E-state index >= 15 is 0 Å². The summed E-state index contributed by atoms with van der Waals surface area (Å²) in [6, 6.07) is 3.05. The third-order valence-electron chi connectivity index (χ3n) is 10.2. The highest BCUT2D eigenvalue weighted by atomic mass is 16.6. The topological polar surface area (TPSA) is 108 Å². The third kappa shape index (κ3) is 3.46. The van der Waals surface area contributed by atoms with Crippen molar-refractivity contribution in [1.82, 2.24) is 14.7 Å². The zero-order valence-corrected chi connectivity index (χ0v) is 19.8. The first-order chi connectivity index (χ1) is 15.8. The normalized spacial score (nSPS) is 61.1. The summed E-state index contributed by atoms with van der Waals surface area (Å²) in [6.45, 7) is 0. The number of aliphatic hydroxyl groups is 3. The Kier molecular flexibility index (Phi) is 5.02. The van der Waals surface area contributed by atoms with Gasteiger partial charge in [-0.15, -0.1) is 0 Å². The van der Waals surface area contributed by atoms with Crippen molar-refractivity contribution < 1.29 is 29.5 Å². The molecule has 0 aromatic rings. The smallest absolute Gasteiger partial charge is 0.101 e. The number of fused-ring (bicyclic) bond motifs is 15. The molecular formula is C24H39N3O6. The lowest BCUT2D eigenvalue weighted by molar-refractivity contribution is 0.00142. The van der Waals surface area contributed by atoms with Gasteiger partial charge in [-0.3, -0.25) is 14.7 Å². The van der Waals surface area contributed by atoms with Crippen LogP contribution in [0.2, 0.25) is 0 Å². The summed E-state index contributed by atoms with van der Waals surface area (Å²) < 4.78 is 16.5. The number of hydrogen-bond acceptors (Lipinski definition) is 9. The van der Waals surface area contributed by atoms with Crippen LogP contribution in [0.4, 0.5) is 0 Å². The van der Waals surface area contributed by atoms with E-state index in [9.17, 15) is 15.3 Å². The van der Waals surface area contributed by atoms with Gasteiger partial charge in [-0.2, -0.15) is 0 Å². The minimum absolute atomic E-state index is 0.0717. The summed E-state index contributed by atoms with van der Waals surface area (Å²) in [7, 11) is 6.45. The lowest BCUT2D eigenvalue weighted by Crippen LogP contribution is -2.46. The Bertz CT molecular complexity index is 635. The summed E-state index contributed by atoms with van der Waals surface area (Å²) in [6.07, 6.45) is 8.01. The standard InChI is InChI=1S/3C8H13NO2/c3*1-9-5-2-4(10)3-6(9)8-7(5)11-8/h3*4-8,10H,2-3H2,1H3/t3*4?,5-,6+,7-,8+. The monoisotopic (exact) mass is 465 g/mol. The van der Waals surface area contributed by atoms with Crippen molar-refractivity contribution in [2.75, 3.05) is 21.1 Å². The number of likely N-dealkylation sites (N-methyl/N-ethyl adjacent to an activating group) is 3. The van der Waals surface area contributed by atoms with E-state index in [2.05, 4.69) is 35.8 Å². The van der Waals surface area contributed by atoms with Crippen LogP contribution in [0, 0.1) is 0 Å². The number of morpholine rings is 3. The van der Waals surface area contributed by atoms with Crippen LogP contribution in [0.3, 0.4) is 0 Å². The van der Waals surface area contributed by atoms with E-state index in [1.807, 2.05) is 0 Å². The van der Waals surface area contributed by atoms with Gasteiger partial charge >= 0.3 is 0 Å². The molecule has 9 heteroatoms. The van der Waals surface area contributed by atoms with Crippen LogP contribution < -0.4 is 0 Å². The minimum Gasteiger partial charge on any atom is -0.393 e. The van der Waals surface area contributed by atoms with Crippen molar-refractivity contribution >= 4 is 0 Å². The third-order valence-corrected chi connectivity index (χ3v) is 10.2. The highest BCUT2D eigenvalue weighted by molar-refractivity contribution is 5.15. The van der Waals surface area contributed by atoms with Crippen molar-refractivity contribution in [3.63, 3.8) is 0 Å². The number of hydrogen-bond donors (Lipinski definition) is 3. The maximum Gasteiger partial charge on any atom is 0.101 e. The van der Waals surface area contributed by atoms with Crippen molar-refractivity contribution in [1.29, 1.82) is 0 Å². The van der Waals surface area contributed by atoms with Gasteiger partial charge in [0.1, 0.15) is 36.6 Å². The van der Waals surface area contributed by atoms with E-state index in [-0.39, 0.29) is 18.3 Å². The van der Waals surface area contributed by atoms with E-state index in [0.29, 0.717) is 72.9 Å². The lowest BCUT2D eigenvalue weighted by atomic mass is 10.00. The summed E-state index contributed by atoms with van der Waals surface area (Å²) in [5, 5.41) is 28.4. The molecule has 0 saturated carbocycles. The van der Waals surface area contributed by atoms with Crippen LogP contribution in [0.1, 0.15) is 38.5 Å². The largest absolute Gasteiger partial charge is 0.393 e. The first-order valence-corrected chi connectivity index (χ1v) is 13.0. The van der Waals surface area contributed by atoms with Gasteiger partial charge in [0.2, 0.25) is 0 Å². The molecular weight excluding hydrogens is 426 g/mol. The Morgan fingerprint density at radius 1 is 0.424 bits per heavy atom. The summed E-state index contributed by atoms with van der Waals surface area (Å²) in [4.78, 5) is 7.14. The Morgan fingerprint density at radius 2 is 0.606 bits per heavy atom. The molecule has 0 aliphatic carbocycles. The summed E-state index contributed by atoms with van der Waals surface area (Å²) in [5.41, 5.74) is 0. The Balaban J connectivity index is 0.0000000864. The van der Waals surface area contributed by atoms with Gasteiger partial charge in [0.15, 0.2) is 0 Å². The molecule has 3 unspecified atom stereocenters. The molecule has 6 bridgehead atoms. The average molecular weight is 466 g/mol. The Labute approximate surface area is 195 Å². The molecule has 0 spiro atoms. The highest BCUT2D eigenvalue weighted by Gasteiger charge is 2.63. The van der Waals surface area contributed by atoms with Gasteiger partial charge in [0, 0.05) is 36.3 Å². The van der Waals surface area contributed by atoms with Gasteiger partial charge < -0.3 is 29.5 Å². The van der Waals surface area contributed by atoms with Gasteiger partial charge in [0.25, 0.3) is 0 Å². The lowest BCUT2D eigenvalue weighted by Gasteiger charge is -2.36. The maximum atomic E-state index is 9.46. The number of piperidine rings is 3. The quantitative estimate of drug-likeness (QED) is 0.379. The van der Waals surface area contributed by atoms with E-state index in [1.54, 1.807) is 0 Å². The molecule has 3 N–H and O–H groups in total. The fourth-order valence-corrected chi connectivity index (χ4v) is 8.16. The van der Waals surface area contributed by atoms with E-state index in [4.69, 9.17) is 14.2 Å². The van der Waals surface area contributed by atoms with Gasteiger partial charge in [-0.25, -0.2) is 0 Å². The Morgan fingerprint density at radius 3 is 0.788 bits per heavy atom. The SMILES string of the molecule is CN1[C@@H]2CC(O)C[C@H]1[C@@H]1O[C@@H]12.CN1[C@@H]2CC(O)C[C@H]1[C@@H]1O[C@@H]12.CN1[C@@H]2CC(O)C[C@H]1[C@@H]1O[C@@H]12.